The smallest absolute Gasteiger partial charge is 0.320 e. The van der Waals surface area contributed by atoms with Crippen molar-refractivity contribution < 1.29 is 9.13 Å². The molecule has 0 aromatic rings. The van der Waals surface area contributed by atoms with E-state index in [1.807, 2.05) is 0 Å². The molecular formula is C5H10NO2P. The van der Waals surface area contributed by atoms with Crippen molar-refractivity contribution in [3.63, 3.8) is 0 Å². The Hall–Kier alpha value is -0.140. The first-order valence-electron chi connectivity index (χ1n) is 3.11. The maximum absolute atomic E-state index is 10.4. The van der Waals surface area contributed by atoms with Gasteiger partial charge in [0.2, 0.25) is 0 Å². The van der Waals surface area contributed by atoms with Crippen molar-refractivity contribution in [3.05, 3.63) is 0 Å². The zero-order valence-corrected chi connectivity index (χ0v) is 6.01. The minimum Gasteiger partial charge on any atom is -0.327 e. The molecule has 0 aliphatic heterocycles. The summed E-state index contributed by atoms with van der Waals surface area (Å²) in [5, 5.41) is 0. The highest BCUT2D eigenvalue weighted by atomic mass is 31.1. The van der Waals surface area contributed by atoms with Crippen LogP contribution in [0.25, 0.3) is 0 Å². The van der Waals surface area contributed by atoms with Crippen molar-refractivity contribution in [1.82, 2.24) is 0 Å². The highest BCUT2D eigenvalue weighted by molar-refractivity contribution is 7.31. The van der Waals surface area contributed by atoms with E-state index < -0.39 is 7.68 Å². The first-order chi connectivity index (χ1) is 4.22. The minimum atomic E-state index is -2.27. The fourth-order valence-corrected chi connectivity index (χ4v) is 2.09. The molecule has 2 atom stereocenters. The Kier molecular flexibility index (Phi) is 2.04. The van der Waals surface area contributed by atoms with Gasteiger partial charge < -0.3 is 5.73 Å². The molecule has 1 rings (SSSR count). The molecule has 0 amide bonds. The van der Waals surface area contributed by atoms with Crippen molar-refractivity contribution in [2.24, 2.45) is 5.73 Å². The Balaban J connectivity index is 2.59. The summed E-state index contributed by atoms with van der Waals surface area (Å²) < 4.78 is 20.7. The third-order valence-electron chi connectivity index (χ3n) is 1.80. The van der Waals surface area contributed by atoms with Gasteiger partial charge in [0.1, 0.15) is 0 Å². The van der Waals surface area contributed by atoms with E-state index in [1.54, 1.807) is 0 Å². The van der Waals surface area contributed by atoms with Gasteiger partial charge in [-0.3, -0.25) is 0 Å². The third-order valence-corrected chi connectivity index (χ3v) is 2.99. The van der Waals surface area contributed by atoms with E-state index in [4.69, 9.17) is 5.73 Å². The maximum atomic E-state index is 10.4. The van der Waals surface area contributed by atoms with E-state index >= 15 is 0 Å². The summed E-state index contributed by atoms with van der Waals surface area (Å²) in [5.41, 5.74) is 5.26. The van der Waals surface area contributed by atoms with Crippen LogP contribution in [0.2, 0.25) is 0 Å². The van der Waals surface area contributed by atoms with Crippen molar-refractivity contribution in [1.29, 1.82) is 0 Å². The van der Waals surface area contributed by atoms with Crippen LogP contribution >= 0.6 is 7.68 Å². The molecule has 2 N–H and O–H groups in total. The van der Waals surface area contributed by atoms with Crippen molar-refractivity contribution in [3.8, 4) is 0 Å². The van der Waals surface area contributed by atoms with Crippen LogP contribution in [0.1, 0.15) is 19.3 Å². The fraction of sp³-hybridized carbons (Fsp3) is 1.00. The Morgan fingerprint density at radius 3 is 2.22 bits per heavy atom. The summed E-state index contributed by atoms with van der Waals surface area (Å²) >= 11 is 0. The predicted octanol–water partition coefficient (Wildman–Crippen LogP) is 1.04. The molecular weight excluding hydrogens is 137 g/mol. The molecule has 0 heterocycles. The average molecular weight is 147 g/mol. The lowest BCUT2D eigenvalue weighted by molar-refractivity contribution is 0.498. The summed E-state index contributed by atoms with van der Waals surface area (Å²) in [4.78, 5) is 0. The van der Waals surface area contributed by atoms with Crippen LogP contribution in [0.15, 0.2) is 0 Å². The summed E-state index contributed by atoms with van der Waals surface area (Å²) in [5.74, 6) is 0. The zero-order chi connectivity index (χ0) is 6.85. The highest BCUT2D eigenvalue weighted by Gasteiger charge is 2.27. The van der Waals surface area contributed by atoms with Crippen LogP contribution < -0.4 is 5.73 Å². The molecule has 1 aliphatic carbocycles. The topological polar surface area (TPSA) is 60.2 Å². The predicted molar refractivity (Wildman–Crippen MR) is 33.9 cm³/mol. The number of hydrogen-bond acceptors (Lipinski definition) is 3. The van der Waals surface area contributed by atoms with Gasteiger partial charge in [-0.1, -0.05) is 6.42 Å². The average Bonchev–Trinajstić information content (AvgIpc) is 2.13. The second-order valence-electron chi connectivity index (χ2n) is 2.45. The molecule has 4 heteroatoms. The molecule has 1 fully saturated rings. The first-order valence-corrected chi connectivity index (χ1v) is 4.35. The Morgan fingerprint density at radius 2 is 2.00 bits per heavy atom. The molecule has 3 nitrogen and oxygen atoms in total. The van der Waals surface area contributed by atoms with E-state index in [0.29, 0.717) is 0 Å². The molecule has 0 aromatic carbocycles. The van der Waals surface area contributed by atoms with Crippen LogP contribution in [0.5, 0.6) is 0 Å². The quantitative estimate of drug-likeness (QED) is 0.563. The second-order valence-corrected chi connectivity index (χ2v) is 3.68. The summed E-state index contributed by atoms with van der Waals surface area (Å²) in [6.07, 6.45) is 2.60. The van der Waals surface area contributed by atoms with E-state index in [-0.39, 0.29) is 11.7 Å². The zero-order valence-electron chi connectivity index (χ0n) is 5.12. The molecule has 9 heavy (non-hydrogen) atoms. The van der Waals surface area contributed by atoms with Crippen LogP contribution in [0, 0.1) is 0 Å². The van der Waals surface area contributed by atoms with Crippen LogP contribution in [-0.4, -0.2) is 11.7 Å². The lowest BCUT2D eigenvalue weighted by Gasteiger charge is -2.02. The Morgan fingerprint density at radius 1 is 1.33 bits per heavy atom. The lowest BCUT2D eigenvalue weighted by Crippen LogP contribution is -2.25. The van der Waals surface area contributed by atoms with Crippen molar-refractivity contribution >= 4 is 7.68 Å². The van der Waals surface area contributed by atoms with Gasteiger partial charge in [0, 0.05) is 6.04 Å². The van der Waals surface area contributed by atoms with Gasteiger partial charge in [0.25, 0.3) is 0 Å². The van der Waals surface area contributed by atoms with Crippen LogP contribution in [-0.2, 0) is 9.13 Å². The third kappa shape index (κ3) is 1.41. The van der Waals surface area contributed by atoms with Crippen LogP contribution in [0.4, 0.5) is 0 Å². The van der Waals surface area contributed by atoms with E-state index in [0.717, 1.165) is 19.3 Å². The Bertz CT molecular complexity index is 158. The van der Waals surface area contributed by atoms with E-state index in [1.165, 1.54) is 0 Å². The number of hydrogen-bond donors (Lipinski definition) is 1. The van der Waals surface area contributed by atoms with E-state index in [2.05, 4.69) is 0 Å². The van der Waals surface area contributed by atoms with Gasteiger partial charge in [-0.2, -0.15) is 0 Å². The normalized spacial score (nSPS) is 34.8. The number of nitrogens with two attached hydrogens (primary N) is 1. The molecule has 0 spiro atoms. The minimum absolute atomic E-state index is 0.0916. The first kappa shape index (κ1) is 6.97. The molecule has 1 saturated carbocycles. The lowest BCUT2D eigenvalue weighted by atomic mass is 10.3. The highest BCUT2D eigenvalue weighted by Crippen LogP contribution is 2.30. The van der Waals surface area contributed by atoms with Crippen molar-refractivity contribution in [2.75, 3.05) is 0 Å². The van der Waals surface area contributed by atoms with Gasteiger partial charge in [-0.05, 0) is 12.8 Å². The molecule has 2 unspecified atom stereocenters. The van der Waals surface area contributed by atoms with Gasteiger partial charge in [0.05, 0.1) is 5.66 Å². The van der Waals surface area contributed by atoms with E-state index in [9.17, 15) is 9.13 Å². The molecule has 52 valence electrons. The standard InChI is InChI=1S/C5H10NO2P/c6-4-2-1-3-5(4)9(7)8/h4-5H,1-3,6H2. The van der Waals surface area contributed by atoms with Gasteiger partial charge in [-0.15, -0.1) is 0 Å². The second kappa shape index (κ2) is 2.63. The molecule has 0 radical (unpaired) electrons. The summed E-state index contributed by atoms with van der Waals surface area (Å²) in [6, 6.07) is -0.0916. The number of rotatable bonds is 1. The van der Waals surface area contributed by atoms with Crippen molar-refractivity contribution in [2.45, 2.75) is 31.0 Å². The SMILES string of the molecule is NC1CCCC1P(=O)=O. The Labute approximate surface area is 54.4 Å². The summed E-state index contributed by atoms with van der Waals surface area (Å²) in [7, 11) is -2.27. The van der Waals surface area contributed by atoms with Gasteiger partial charge >= 0.3 is 7.68 Å². The molecule has 1 aliphatic rings. The summed E-state index contributed by atoms with van der Waals surface area (Å²) in [6.45, 7) is 0. The molecule has 0 aromatic heterocycles. The fourth-order valence-electron chi connectivity index (χ4n) is 1.23. The maximum Gasteiger partial charge on any atom is 0.320 e. The van der Waals surface area contributed by atoms with Gasteiger partial charge in [-0.25, -0.2) is 9.13 Å². The molecule has 0 bridgehead atoms. The van der Waals surface area contributed by atoms with Crippen LogP contribution in [0.3, 0.4) is 0 Å². The largest absolute Gasteiger partial charge is 0.327 e. The molecule has 0 saturated heterocycles. The monoisotopic (exact) mass is 147 g/mol. The van der Waals surface area contributed by atoms with Gasteiger partial charge in [0.15, 0.2) is 0 Å².